The molecule has 0 heterocycles. The lowest BCUT2D eigenvalue weighted by atomic mass is 9.86. The minimum atomic E-state index is -3.19. The second-order valence-corrected chi connectivity index (χ2v) is 7.79. The fraction of sp³-hybridized carbons (Fsp3) is 0.571. The first-order chi connectivity index (χ1) is 8.23. The van der Waals surface area contributed by atoms with Crippen molar-refractivity contribution < 1.29 is 8.42 Å². The Balaban J connectivity index is 2.97. The van der Waals surface area contributed by atoms with Gasteiger partial charge in [0.15, 0.2) is 0 Å². The van der Waals surface area contributed by atoms with Crippen LogP contribution < -0.4 is 4.72 Å². The van der Waals surface area contributed by atoms with Crippen LogP contribution in [0.4, 0.5) is 0 Å². The lowest BCUT2D eigenvalue weighted by molar-refractivity contribution is 0.331. The maximum atomic E-state index is 11.8. The zero-order valence-corrected chi connectivity index (χ0v) is 12.4. The molecule has 1 N–H and O–H groups in total. The van der Waals surface area contributed by atoms with Crippen LogP contribution in [0.15, 0.2) is 30.3 Å². The molecule has 1 aromatic carbocycles. The molecule has 0 fully saturated rings. The molecule has 0 amide bonds. The van der Waals surface area contributed by atoms with Crippen LogP contribution in [0.5, 0.6) is 0 Å². The molecule has 0 aliphatic heterocycles. The Morgan fingerprint density at radius 2 is 1.72 bits per heavy atom. The van der Waals surface area contributed by atoms with Gasteiger partial charge in [0.2, 0.25) is 10.0 Å². The molecule has 0 saturated heterocycles. The van der Waals surface area contributed by atoms with Crippen molar-refractivity contribution in [1.29, 1.82) is 0 Å². The first-order valence-corrected chi connectivity index (χ1v) is 7.94. The van der Waals surface area contributed by atoms with E-state index in [1.165, 1.54) is 0 Å². The summed E-state index contributed by atoms with van der Waals surface area (Å²) < 4.78 is 26.3. The lowest BCUT2D eigenvalue weighted by Gasteiger charge is -2.27. The topological polar surface area (TPSA) is 46.2 Å². The van der Waals surface area contributed by atoms with Crippen molar-refractivity contribution in [3.63, 3.8) is 0 Å². The Morgan fingerprint density at radius 3 is 2.17 bits per heavy atom. The van der Waals surface area contributed by atoms with E-state index < -0.39 is 10.0 Å². The van der Waals surface area contributed by atoms with Gasteiger partial charge in [-0.25, -0.2) is 13.1 Å². The maximum Gasteiger partial charge on any atom is 0.211 e. The van der Waals surface area contributed by atoms with Crippen LogP contribution >= 0.6 is 0 Å². The minimum absolute atomic E-state index is 0.0662. The molecule has 0 aromatic heterocycles. The van der Waals surface area contributed by atoms with Gasteiger partial charge in [-0.1, -0.05) is 51.1 Å². The molecular formula is C14H23NO2S. The first kappa shape index (κ1) is 15.2. The van der Waals surface area contributed by atoms with Crippen LogP contribution in [-0.2, 0) is 10.0 Å². The fourth-order valence-electron chi connectivity index (χ4n) is 1.83. The van der Waals surface area contributed by atoms with E-state index in [1.54, 1.807) is 6.92 Å². The number of nitrogens with one attached hydrogen (secondary N) is 1. The number of hydrogen-bond donors (Lipinski definition) is 1. The fourth-order valence-corrected chi connectivity index (χ4v) is 2.64. The van der Waals surface area contributed by atoms with E-state index in [0.29, 0.717) is 0 Å². The predicted octanol–water partition coefficient (Wildman–Crippen LogP) is 3.10. The third kappa shape index (κ3) is 5.19. The molecule has 1 rings (SSSR count). The van der Waals surface area contributed by atoms with Gasteiger partial charge in [-0.2, -0.15) is 0 Å². The van der Waals surface area contributed by atoms with Gasteiger partial charge in [-0.05, 0) is 24.3 Å². The highest BCUT2D eigenvalue weighted by Gasteiger charge is 2.23. The Hall–Kier alpha value is -0.870. The normalized spacial score (nSPS) is 14.4. The summed E-state index contributed by atoms with van der Waals surface area (Å²) >= 11 is 0. The van der Waals surface area contributed by atoms with Crippen molar-refractivity contribution in [2.75, 3.05) is 5.75 Å². The summed E-state index contributed by atoms with van der Waals surface area (Å²) in [5, 5.41) is 0. The summed E-state index contributed by atoms with van der Waals surface area (Å²) in [6, 6.07) is 9.59. The second-order valence-electron chi connectivity index (χ2n) is 5.75. The van der Waals surface area contributed by atoms with E-state index in [0.717, 1.165) is 12.0 Å². The summed E-state index contributed by atoms with van der Waals surface area (Å²) in [4.78, 5) is 0. The molecule has 1 unspecified atom stereocenters. The predicted molar refractivity (Wildman–Crippen MR) is 75.9 cm³/mol. The Bertz CT molecular complexity index is 460. The van der Waals surface area contributed by atoms with Crippen LogP contribution in [0.1, 0.15) is 45.7 Å². The monoisotopic (exact) mass is 269 g/mol. The Labute approximate surface area is 111 Å². The van der Waals surface area contributed by atoms with Crippen LogP contribution in [0.3, 0.4) is 0 Å². The average Bonchev–Trinajstić information content (AvgIpc) is 2.27. The van der Waals surface area contributed by atoms with Crippen LogP contribution in [0, 0.1) is 5.41 Å². The zero-order valence-electron chi connectivity index (χ0n) is 11.6. The third-order valence-corrected chi connectivity index (χ3v) is 4.12. The van der Waals surface area contributed by atoms with Crippen molar-refractivity contribution in [3.8, 4) is 0 Å². The molecule has 0 radical (unpaired) electrons. The summed E-state index contributed by atoms with van der Waals surface area (Å²) in [5.41, 5.74) is 1.08. The molecule has 0 aliphatic carbocycles. The van der Waals surface area contributed by atoms with Crippen LogP contribution in [0.25, 0.3) is 0 Å². The van der Waals surface area contributed by atoms with Gasteiger partial charge in [-0.3, -0.25) is 0 Å². The Morgan fingerprint density at radius 1 is 1.17 bits per heavy atom. The molecule has 102 valence electrons. The van der Waals surface area contributed by atoms with Gasteiger partial charge in [0.05, 0.1) is 5.75 Å². The standard InChI is InChI=1S/C14H23NO2S/c1-5-18(16,17)15-13(11-14(2,3)4)12-9-7-6-8-10-12/h6-10,13,15H,5,11H2,1-4H3. The quantitative estimate of drug-likeness (QED) is 0.892. The van der Waals surface area contributed by atoms with Crippen molar-refractivity contribution in [3.05, 3.63) is 35.9 Å². The molecule has 1 aromatic rings. The Kier molecular flexibility index (Phi) is 4.93. The molecule has 0 bridgehead atoms. The highest BCUT2D eigenvalue weighted by molar-refractivity contribution is 7.89. The highest BCUT2D eigenvalue weighted by atomic mass is 32.2. The largest absolute Gasteiger partial charge is 0.212 e. The van der Waals surface area contributed by atoms with E-state index in [9.17, 15) is 8.42 Å². The number of benzene rings is 1. The SMILES string of the molecule is CCS(=O)(=O)NC(CC(C)(C)C)c1ccccc1. The van der Waals surface area contributed by atoms with E-state index in [2.05, 4.69) is 25.5 Å². The van der Waals surface area contributed by atoms with Crippen LogP contribution in [0.2, 0.25) is 0 Å². The summed E-state index contributed by atoms with van der Waals surface area (Å²) in [5.74, 6) is 0.112. The van der Waals surface area contributed by atoms with Gasteiger partial charge < -0.3 is 0 Å². The van der Waals surface area contributed by atoms with Gasteiger partial charge in [0.1, 0.15) is 0 Å². The van der Waals surface area contributed by atoms with Gasteiger partial charge >= 0.3 is 0 Å². The zero-order chi connectivity index (χ0) is 13.8. The molecular weight excluding hydrogens is 246 g/mol. The van der Waals surface area contributed by atoms with Crippen molar-refractivity contribution in [2.24, 2.45) is 5.41 Å². The molecule has 3 nitrogen and oxygen atoms in total. The van der Waals surface area contributed by atoms with E-state index in [4.69, 9.17) is 0 Å². The molecule has 18 heavy (non-hydrogen) atoms. The molecule has 4 heteroatoms. The molecule has 0 saturated carbocycles. The van der Waals surface area contributed by atoms with Gasteiger partial charge in [-0.15, -0.1) is 0 Å². The maximum absolute atomic E-state index is 11.8. The average molecular weight is 269 g/mol. The summed E-state index contributed by atoms with van der Waals surface area (Å²) in [6.07, 6.45) is 0.774. The van der Waals surface area contributed by atoms with Crippen molar-refractivity contribution >= 4 is 10.0 Å². The second kappa shape index (κ2) is 5.85. The van der Waals surface area contributed by atoms with Crippen molar-refractivity contribution in [1.82, 2.24) is 4.72 Å². The first-order valence-electron chi connectivity index (χ1n) is 6.28. The molecule has 0 aliphatic rings. The summed E-state index contributed by atoms with van der Waals surface area (Å²) in [7, 11) is -3.19. The van der Waals surface area contributed by atoms with E-state index in [-0.39, 0.29) is 17.2 Å². The van der Waals surface area contributed by atoms with Crippen molar-refractivity contribution in [2.45, 2.75) is 40.2 Å². The van der Waals surface area contributed by atoms with Crippen LogP contribution in [-0.4, -0.2) is 14.2 Å². The minimum Gasteiger partial charge on any atom is -0.212 e. The molecule has 0 spiro atoms. The van der Waals surface area contributed by atoms with E-state index in [1.807, 2.05) is 30.3 Å². The molecule has 1 atom stereocenters. The summed E-state index contributed by atoms with van der Waals surface area (Å²) in [6.45, 7) is 8.00. The van der Waals surface area contributed by atoms with E-state index >= 15 is 0 Å². The lowest BCUT2D eigenvalue weighted by Crippen LogP contribution is -2.32. The highest BCUT2D eigenvalue weighted by Crippen LogP contribution is 2.29. The number of sulfonamides is 1. The smallest absolute Gasteiger partial charge is 0.211 e. The number of hydrogen-bond acceptors (Lipinski definition) is 2. The van der Waals surface area contributed by atoms with Gasteiger partial charge in [0, 0.05) is 6.04 Å². The number of rotatable bonds is 5. The van der Waals surface area contributed by atoms with Gasteiger partial charge in [0.25, 0.3) is 0 Å². The third-order valence-electron chi connectivity index (χ3n) is 2.72.